The number of likely N-dealkylation sites (N-methyl/N-ethyl adjacent to an activating group) is 1. The average molecular weight is 926 g/mol. The minimum Gasteiger partial charge on any atom is -0.464 e. The number of nitrogens with zero attached hydrogens (tertiary/aromatic N) is 7. The molecule has 15 nitrogen and oxygen atoms in total. The molecule has 4 aliphatic heterocycles. The largest absolute Gasteiger partial charge is 0.464 e. The van der Waals surface area contributed by atoms with Crippen LogP contribution in [0.25, 0.3) is 33.4 Å². The number of carbonyl (C=O) groups excluding carboxylic acids is 4. The van der Waals surface area contributed by atoms with Crippen molar-refractivity contribution in [2.24, 2.45) is 16.7 Å². The van der Waals surface area contributed by atoms with Gasteiger partial charge in [0.1, 0.15) is 12.1 Å². The number of piperidine rings is 1. The third kappa shape index (κ3) is 9.49. The Hall–Kier alpha value is -4.68. The topological polar surface area (TPSA) is 154 Å². The number of ether oxygens (including phenoxy) is 2. The van der Waals surface area contributed by atoms with Gasteiger partial charge in [0, 0.05) is 90.8 Å². The molecule has 8 rings (SSSR count). The lowest BCUT2D eigenvalue weighted by Gasteiger charge is -2.54. The molecule has 6 bridgehead atoms. The van der Waals surface area contributed by atoms with Crippen molar-refractivity contribution >= 4 is 54.6 Å². The highest BCUT2D eigenvalue weighted by Gasteiger charge is 2.48. The maximum Gasteiger partial charge on any atom is 0.324 e. The minimum atomic E-state index is -2.94. The van der Waals surface area contributed by atoms with Crippen molar-refractivity contribution in [1.82, 2.24) is 44.7 Å². The van der Waals surface area contributed by atoms with E-state index in [-0.39, 0.29) is 47.6 Å². The number of thiazole rings is 1. The van der Waals surface area contributed by atoms with Crippen molar-refractivity contribution in [1.29, 1.82) is 0 Å². The van der Waals surface area contributed by atoms with Crippen LogP contribution in [-0.4, -0.2) is 139 Å². The average Bonchev–Trinajstić information content (AvgIpc) is 3.88. The zero-order chi connectivity index (χ0) is 46.4. The first-order valence-electron chi connectivity index (χ1n) is 23.3. The number of methoxy groups -OCH3 is 1. The van der Waals surface area contributed by atoms with Gasteiger partial charge in [0.2, 0.25) is 11.4 Å². The number of hydrogen-bond acceptors (Lipinski definition) is 11. The molecule has 17 heteroatoms. The van der Waals surface area contributed by atoms with Crippen LogP contribution in [0.3, 0.4) is 0 Å². The first kappa shape index (κ1) is 46.8. The van der Waals surface area contributed by atoms with Crippen molar-refractivity contribution in [2.75, 3.05) is 60.5 Å². The van der Waals surface area contributed by atoms with E-state index in [0.29, 0.717) is 45.4 Å². The predicted molar refractivity (Wildman–Crippen MR) is 256 cm³/mol. The lowest BCUT2D eigenvalue weighted by Crippen LogP contribution is -2.66. The van der Waals surface area contributed by atoms with Crippen molar-refractivity contribution in [3.63, 3.8) is 0 Å². The fourth-order valence-electron chi connectivity index (χ4n) is 10.4. The molecule has 1 spiro atoms. The summed E-state index contributed by atoms with van der Waals surface area (Å²) in [7, 11) is 2.60. The summed E-state index contributed by atoms with van der Waals surface area (Å²) in [6, 6.07) is 9.09. The van der Waals surface area contributed by atoms with Crippen LogP contribution in [0.2, 0.25) is 0 Å². The number of pyridine rings is 1. The summed E-state index contributed by atoms with van der Waals surface area (Å²) in [5, 5.41) is 5.35. The molecule has 65 heavy (non-hydrogen) atoms. The van der Waals surface area contributed by atoms with E-state index in [1.807, 2.05) is 37.1 Å². The summed E-state index contributed by atoms with van der Waals surface area (Å²) < 4.78 is 14.3. The Morgan fingerprint density at radius 2 is 1.88 bits per heavy atom. The Kier molecular flexibility index (Phi) is 13.6. The molecule has 2 N–H and O–H groups in total. The summed E-state index contributed by atoms with van der Waals surface area (Å²) in [5.74, 6) is -0.987. The van der Waals surface area contributed by atoms with Gasteiger partial charge in [0.05, 0.1) is 34.8 Å². The first-order chi connectivity index (χ1) is 31.0. The van der Waals surface area contributed by atoms with Gasteiger partial charge in [0.25, 0.3) is 8.96 Å². The Balaban J connectivity index is 1.14. The number of aryl methyl sites for hydroxylation is 1. The summed E-state index contributed by atoms with van der Waals surface area (Å²) in [4.78, 5) is 76.0. The van der Waals surface area contributed by atoms with Crippen LogP contribution in [0.1, 0.15) is 89.6 Å². The second-order valence-corrected chi connectivity index (χ2v) is 23.3. The minimum absolute atomic E-state index is 0.152. The number of nitrogens with one attached hydrogen (secondary N) is 2. The Morgan fingerprint density at radius 3 is 2.58 bits per heavy atom. The predicted octanol–water partition coefficient (Wildman–Crippen LogP) is 6.38. The number of cyclic esters (lactones) is 1. The summed E-state index contributed by atoms with van der Waals surface area (Å²) in [6.07, 6.45) is 5.38. The highest BCUT2D eigenvalue weighted by atomic mass is 32.1. The van der Waals surface area contributed by atoms with E-state index in [2.05, 4.69) is 72.0 Å². The van der Waals surface area contributed by atoms with Crippen molar-refractivity contribution in [3.8, 4) is 22.5 Å². The SMILES string of the molecule is CCn1c(-c2cccnc2[C@H](C)OC)c2c3cc(ccc31)-c1csc(n1)C[Si@H](NC(=O)[C@H](C(C)C)N(C)C(=O)N1CC3(CCN(C)CC3)C1)C(=O)N1CCC[C@H](N1)C(=O)OCC(C)(C)C2. The van der Waals surface area contributed by atoms with Crippen LogP contribution in [0.4, 0.5) is 9.59 Å². The number of carbonyl (C=O) groups is 4. The second-order valence-electron chi connectivity index (χ2n) is 20.0. The van der Waals surface area contributed by atoms with E-state index in [1.165, 1.54) is 16.3 Å². The molecule has 0 radical (unpaired) electrons. The van der Waals surface area contributed by atoms with Gasteiger partial charge in [-0.25, -0.2) is 15.2 Å². The zero-order valence-electron chi connectivity index (χ0n) is 39.6. The molecular formula is C48H67N9O6SSi. The van der Waals surface area contributed by atoms with Gasteiger partial charge in [-0.15, -0.1) is 11.3 Å². The molecule has 1 aromatic carbocycles. The summed E-state index contributed by atoms with van der Waals surface area (Å²) in [6.45, 7) is 16.9. The van der Waals surface area contributed by atoms with E-state index in [9.17, 15) is 19.2 Å². The number of benzene rings is 1. The molecule has 7 heterocycles. The van der Waals surface area contributed by atoms with Gasteiger partial charge < -0.3 is 33.7 Å². The Morgan fingerprint density at radius 1 is 1.12 bits per heavy atom. The van der Waals surface area contributed by atoms with E-state index in [1.54, 1.807) is 25.3 Å². The molecule has 0 aliphatic carbocycles. The lowest BCUT2D eigenvalue weighted by atomic mass is 9.72. The number of amides is 4. The zero-order valence-corrected chi connectivity index (χ0v) is 41.6. The number of fused-ring (bicyclic) bond motifs is 6. The first-order valence-corrected chi connectivity index (χ1v) is 26.2. The van der Waals surface area contributed by atoms with Gasteiger partial charge >= 0.3 is 12.0 Å². The monoisotopic (exact) mass is 925 g/mol. The molecular weight excluding hydrogens is 859 g/mol. The standard InChI is InChI=1S/C48H67N9O6SSi/c1-10-56-38-16-15-32-23-34(38)35(42(56)33-13-11-19-49-40(33)31(4)62-9)24-47(5,6)29-63-44(59)36-14-12-20-57(51-36)46(61)65(26-39-50-37(32)25-64-39)52-43(58)41(30(2)3)54(8)45(60)55-27-48(28-55)17-21-53(7)22-18-48/h11,13,15-16,19,23,25,30-31,36,41,51,65H,10,12,14,17-18,20-22,24,26-29H2,1-9H3,(H,52,58)/t31-,36-,41-,65-/m0/s1. The summed E-state index contributed by atoms with van der Waals surface area (Å²) >= 11 is 1.47. The number of esters is 1. The smallest absolute Gasteiger partial charge is 0.324 e. The molecule has 3 saturated heterocycles. The van der Waals surface area contributed by atoms with Crippen molar-refractivity contribution in [3.05, 3.63) is 58.2 Å². The van der Waals surface area contributed by atoms with Crippen LogP contribution in [0.15, 0.2) is 41.9 Å². The van der Waals surface area contributed by atoms with Crippen molar-refractivity contribution in [2.45, 2.75) is 104 Å². The maximum absolute atomic E-state index is 14.7. The third-order valence-electron chi connectivity index (χ3n) is 14.1. The molecule has 4 amide bonds. The van der Waals surface area contributed by atoms with E-state index in [0.717, 1.165) is 75.6 Å². The molecule has 4 aliphatic rings. The van der Waals surface area contributed by atoms with Crippen LogP contribution in [0.5, 0.6) is 0 Å². The van der Waals surface area contributed by atoms with Gasteiger partial charge in [0.15, 0.2) is 0 Å². The Labute approximate surface area is 388 Å². The number of likely N-dealkylation sites (tertiary alicyclic amines) is 2. The number of hydrazine groups is 1. The molecule has 4 atom stereocenters. The number of urea groups is 1. The highest BCUT2D eigenvalue weighted by molar-refractivity contribution is 7.10. The number of rotatable bonds is 8. The van der Waals surface area contributed by atoms with Crippen LogP contribution in [0, 0.1) is 16.7 Å². The highest BCUT2D eigenvalue weighted by Crippen LogP contribution is 2.43. The number of aromatic nitrogens is 3. The van der Waals surface area contributed by atoms with E-state index in [4.69, 9.17) is 19.4 Å². The third-order valence-corrected chi connectivity index (χ3v) is 17.6. The molecule has 0 saturated carbocycles. The second kappa shape index (κ2) is 18.9. The van der Waals surface area contributed by atoms with Crippen LogP contribution in [-0.2, 0) is 38.1 Å². The van der Waals surface area contributed by atoms with Gasteiger partial charge in [-0.3, -0.25) is 24.4 Å². The quantitative estimate of drug-likeness (QED) is 0.151. The fourth-order valence-corrected chi connectivity index (χ4v) is 13.8. The lowest BCUT2D eigenvalue weighted by molar-refractivity contribution is -0.151. The normalized spacial score (nSPS) is 22.3. The van der Waals surface area contributed by atoms with Gasteiger partial charge in [-0.2, -0.15) is 0 Å². The van der Waals surface area contributed by atoms with Crippen LogP contribution < -0.4 is 10.4 Å². The van der Waals surface area contributed by atoms with Crippen LogP contribution >= 0.6 is 11.3 Å². The maximum atomic E-state index is 14.7. The van der Waals surface area contributed by atoms with E-state index >= 15 is 0 Å². The van der Waals surface area contributed by atoms with E-state index < -0.39 is 32.4 Å². The summed E-state index contributed by atoms with van der Waals surface area (Å²) in [5.41, 5.74) is 9.46. The van der Waals surface area contributed by atoms with Gasteiger partial charge in [-0.1, -0.05) is 33.8 Å². The molecule has 4 aromatic rings. The molecule has 3 fully saturated rings. The molecule has 0 unspecified atom stereocenters. The molecule has 3 aromatic heterocycles. The van der Waals surface area contributed by atoms with Gasteiger partial charge in [-0.05, 0) is 102 Å². The fraction of sp³-hybridized carbons (Fsp3) is 0.583. The number of hydrogen-bond donors (Lipinski definition) is 2. The molecule has 350 valence electrons. The Bertz CT molecular complexity index is 2420. The van der Waals surface area contributed by atoms with Crippen molar-refractivity contribution < 1.29 is 28.7 Å².